The molecule has 3 aromatic carbocycles. The van der Waals surface area contributed by atoms with Gasteiger partial charge in [0.25, 0.3) is 5.91 Å². The van der Waals surface area contributed by atoms with Gasteiger partial charge in [0.2, 0.25) is 0 Å². The monoisotopic (exact) mass is 407 g/mol. The number of benzene rings is 3. The summed E-state index contributed by atoms with van der Waals surface area (Å²) in [7, 11) is -1.32. The quantitative estimate of drug-likeness (QED) is 0.596. The van der Waals surface area contributed by atoms with Crippen LogP contribution in [0.5, 0.6) is 0 Å². The molecule has 0 aliphatic carbocycles. The molecule has 3 rings (SSSR count). The van der Waals surface area contributed by atoms with Crippen LogP contribution in [0.25, 0.3) is 11.1 Å². The van der Waals surface area contributed by atoms with Crippen molar-refractivity contribution in [3.8, 4) is 11.1 Å². The van der Waals surface area contributed by atoms with Gasteiger partial charge in [-0.05, 0) is 41.8 Å². The van der Waals surface area contributed by atoms with Crippen molar-refractivity contribution in [1.82, 2.24) is 5.32 Å². The maximum atomic E-state index is 12.5. The van der Waals surface area contributed by atoms with Crippen molar-refractivity contribution in [2.24, 2.45) is 0 Å². The Bertz CT molecular complexity index is 988. The Hall–Kier alpha value is -3.25. The number of carbonyl (C=O) groups excluding carboxylic acids is 1. The van der Waals surface area contributed by atoms with Crippen LogP contribution in [-0.2, 0) is 15.6 Å². The molecule has 0 aliphatic heterocycles. The Balaban J connectivity index is 1.62. The standard InChI is InChI=1S/C23H21NO4S/c25-22(19-13-11-18(12-14-19)17-7-3-1-4-8-17)24-21(23(26)27)15-16-29(28)20-9-5-2-6-10-20/h1-14,21H,15-16H2,(H,24,25)(H,26,27)/t21-,29-/m1/s1. The van der Waals surface area contributed by atoms with Crippen LogP contribution in [0, 0.1) is 0 Å². The van der Waals surface area contributed by atoms with Crippen LogP contribution in [0.1, 0.15) is 16.8 Å². The largest absolute Gasteiger partial charge is 0.480 e. The molecule has 2 N–H and O–H groups in total. The van der Waals surface area contributed by atoms with Crippen LogP contribution < -0.4 is 5.32 Å². The van der Waals surface area contributed by atoms with E-state index in [0.717, 1.165) is 11.1 Å². The van der Waals surface area contributed by atoms with E-state index >= 15 is 0 Å². The number of carboxylic acids is 1. The van der Waals surface area contributed by atoms with Gasteiger partial charge in [-0.15, -0.1) is 0 Å². The third-order valence-corrected chi connectivity index (χ3v) is 5.86. The minimum Gasteiger partial charge on any atom is -0.480 e. The van der Waals surface area contributed by atoms with Crippen molar-refractivity contribution < 1.29 is 18.9 Å². The molecule has 0 aliphatic rings. The second kappa shape index (κ2) is 9.80. The fourth-order valence-electron chi connectivity index (χ4n) is 2.86. The van der Waals surface area contributed by atoms with E-state index in [0.29, 0.717) is 10.5 Å². The van der Waals surface area contributed by atoms with Gasteiger partial charge in [-0.25, -0.2) is 4.79 Å². The van der Waals surface area contributed by atoms with Crippen molar-refractivity contribution in [3.05, 3.63) is 90.5 Å². The summed E-state index contributed by atoms with van der Waals surface area (Å²) in [6, 6.07) is 24.5. The number of hydrogen-bond acceptors (Lipinski definition) is 3. The highest BCUT2D eigenvalue weighted by molar-refractivity contribution is 7.85. The Labute approximate surface area is 171 Å². The van der Waals surface area contributed by atoms with E-state index < -0.39 is 28.7 Å². The number of carbonyl (C=O) groups is 2. The number of hydrogen-bond donors (Lipinski definition) is 2. The molecule has 3 aromatic rings. The molecular formula is C23H21NO4S. The van der Waals surface area contributed by atoms with Crippen LogP contribution >= 0.6 is 0 Å². The minimum atomic E-state index is -1.32. The fourth-order valence-corrected chi connectivity index (χ4v) is 4.00. The molecule has 1 amide bonds. The maximum Gasteiger partial charge on any atom is 0.326 e. The summed E-state index contributed by atoms with van der Waals surface area (Å²) in [6.07, 6.45) is 0.0741. The Morgan fingerprint density at radius 3 is 1.97 bits per heavy atom. The molecule has 0 saturated carbocycles. The van der Waals surface area contributed by atoms with Gasteiger partial charge < -0.3 is 10.4 Å². The van der Waals surface area contributed by atoms with Gasteiger partial charge in [0.15, 0.2) is 0 Å². The normalized spacial score (nSPS) is 12.7. The number of carboxylic acid groups (broad SMARTS) is 1. The van der Waals surface area contributed by atoms with Crippen molar-refractivity contribution in [2.75, 3.05) is 5.75 Å². The zero-order chi connectivity index (χ0) is 20.6. The SMILES string of the molecule is O=C(N[C@H](CC[S@@](=O)c1ccccc1)C(=O)O)c1ccc(-c2ccccc2)cc1. The Morgan fingerprint density at radius 1 is 0.828 bits per heavy atom. The fraction of sp³-hybridized carbons (Fsp3) is 0.130. The lowest BCUT2D eigenvalue weighted by molar-refractivity contribution is -0.139. The molecule has 5 nitrogen and oxygen atoms in total. The summed E-state index contributed by atoms with van der Waals surface area (Å²) in [5.41, 5.74) is 2.38. The first-order valence-electron chi connectivity index (χ1n) is 9.17. The summed E-state index contributed by atoms with van der Waals surface area (Å²) < 4.78 is 12.3. The molecule has 148 valence electrons. The van der Waals surface area contributed by atoms with Crippen LogP contribution in [-0.4, -0.2) is 33.0 Å². The van der Waals surface area contributed by atoms with E-state index in [9.17, 15) is 18.9 Å². The van der Waals surface area contributed by atoms with E-state index in [1.165, 1.54) is 0 Å². The van der Waals surface area contributed by atoms with Crippen molar-refractivity contribution in [1.29, 1.82) is 0 Å². The molecular weight excluding hydrogens is 386 g/mol. The van der Waals surface area contributed by atoms with Crippen LogP contribution in [0.3, 0.4) is 0 Å². The number of amides is 1. The van der Waals surface area contributed by atoms with Crippen LogP contribution in [0.2, 0.25) is 0 Å². The third-order valence-electron chi connectivity index (χ3n) is 4.46. The van der Waals surface area contributed by atoms with E-state index in [-0.39, 0.29) is 12.2 Å². The second-order valence-corrected chi connectivity index (χ2v) is 8.03. The van der Waals surface area contributed by atoms with Crippen molar-refractivity contribution in [2.45, 2.75) is 17.4 Å². The van der Waals surface area contributed by atoms with Gasteiger partial charge in [0, 0.05) is 16.2 Å². The number of nitrogens with one attached hydrogen (secondary N) is 1. The highest BCUT2D eigenvalue weighted by Crippen LogP contribution is 2.19. The molecule has 2 atom stereocenters. The molecule has 0 saturated heterocycles. The summed E-state index contributed by atoms with van der Waals surface area (Å²) in [5.74, 6) is -1.47. The average Bonchev–Trinajstić information content (AvgIpc) is 2.77. The Morgan fingerprint density at radius 2 is 1.38 bits per heavy atom. The molecule has 0 spiro atoms. The molecule has 0 unspecified atom stereocenters. The predicted molar refractivity (Wildman–Crippen MR) is 113 cm³/mol. The second-order valence-electron chi connectivity index (χ2n) is 6.46. The molecule has 0 heterocycles. The van der Waals surface area contributed by atoms with E-state index in [2.05, 4.69) is 5.32 Å². The molecule has 0 bridgehead atoms. The van der Waals surface area contributed by atoms with Crippen molar-refractivity contribution >= 4 is 22.7 Å². The lowest BCUT2D eigenvalue weighted by Crippen LogP contribution is -2.41. The van der Waals surface area contributed by atoms with E-state index in [1.54, 1.807) is 36.4 Å². The van der Waals surface area contributed by atoms with Gasteiger partial charge in [-0.2, -0.15) is 0 Å². The average molecular weight is 407 g/mol. The summed E-state index contributed by atoms with van der Waals surface area (Å²) >= 11 is 0. The van der Waals surface area contributed by atoms with Gasteiger partial charge >= 0.3 is 5.97 Å². The first kappa shape index (κ1) is 20.5. The predicted octanol–water partition coefficient (Wildman–Crippen LogP) is 3.73. The summed E-state index contributed by atoms with van der Waals surface area (Å²) in [5, 5.41) is 12.0. The molecule has 0 fully saturated rings. The van der Waals surface area contributed by atoms with Gasteiger partial charge in [-0.3, -0.25) is 9.00 Å². The van der Waals surface area contributed by atoms with Crippen molar-refractivity contribution in [3.63, 3.8) is 0 Å². The van der Waals surface area contributed by atoms with Crippen LogP contribution in [0.4, 0.5) is 0 Å². The smallest absolute Gasteiger partial charge is 0.326 e. The zero-order valence-electron chi connectivity index (χ0n) is 15.7. The lowest BCUT2D eigenvalue weighted by Gasteiger charge is -2.14. The van der Waals surface area contributed by atoms with Gasteiger partial charge in [-0.1, -0.05) is 60.7 Å². The summed E-state index contributed by atoms with van der Waals surface area (Å²) in [6.45, 7) is 0. The number of rotatable bonds is 8. The third kappa shape index (κ3) is 5.62. The maximum absolute atomic E-state index is 12.5. The van der Waals surface area contributed by atoms with Crippen LogP contribution in [0.15, 0.2) is 89.8 Å². The first-order chi connectivity index (χ1) is 14.0. The molecule has 0 aromatic heterocycles. The van der Waals surface area contributed by atoms with Gasteiger partial charge in [0.05, 0.1) is 10.8 Å². The minimum absolute atomic E-state index is 0.0741. The topological polar surface area (TPSA) is 83.5 Å². The van der Waals surface area contributed by atoms with E-state index in [1.807, 2.05) is 48.5 Å². The Kier molecular flexibility index (Phi) is 6.92. The highest BCUT2D eigenvalue weighted by atomic mass is 32.2. The van der Waals surface area contributed by atoms with Gasteiger partial charge in [0.1, 0.15) is 6.04 Å². The molecule has 6 heteroatoms. The lowest BCUT2D eigenvalue weighted by atomic mass is 10.0. The van der Waals surface area contributed by atoms with E-state index in [4.69, 9.17) is 0 Å². The zero-order valence-corrected chi connectivity index (χ0v) is 16.5. The summed E-state index contributed by atoms with van der Waals surface area (Å²) in [4.78, 5) is 24.7. The molecule has 0 radical (unpaired) electrons. The highest BCUT2D eigenvalue weighted by Gasteiger charge is 2.21. The molecule has 29 heavy (non-hydrogen) atoms. The number of aliphatic carboxylic acids is 1. The first-order valence-corrected chi connectivity index (χ1v) is 10.5.